The van der Waals surface area contributed by atoms with Crippen LogP contribution in [0.2, 0.25) is 0 Å². The molecule has 0 spiro atoms. The van der Waals surface area contributed by atoms with E-state index in [1.807, 2.05) is 6.92 Å². The van der Waals surface area contributed by atoms with E-state index in [0.29, 0.717) is 12.1 Å². The third-order valence-corrected chi connectivity index (χ3v) is 3.43. The standard InChI is InChI=1S/C13H18N4/c1-10-6-11(8-14)7-12(16-10)17-13(9-15)4-2-3-5-13/h6-7H,2-5,9,15H2,1H3,(H,16,17). The fraction of sp³-hybridized carbons (Fsp3) is 0.538. The second-order valence-corrected chi connectivity index (χ2v) is 4.81. The van der Waals surface area contributed by atoms with Crippen LogP contribution in [0.4, 0.5) is 5.82 Å². The Labute approximate surface area is 102 Å². The summed E-state index contributed by atoms with van der Waals surface area (Å²) in [6, 6.07) is 5.73. The summed E-state index contributed by atoms with van der Waals surface area (Å²) in [6.45, 7) is 2.51. The highest BCUT2D eigenvalue weighted by atomic mass is 15.1. The molecule has 1 aromatic rings. The minimum absolute atomic E-state index is 0.0203. The highest BCUT2D eigenvalue weighted by molar-refractivity contribution is 5.46. The summed E-state index contributed by atoms with van der Waals surface area (Å²) in [4.78, 5) is 4.42. The maximum Gasteiger partial charge on any atom is 0.127 e. The van der Waals surface area contributed by atoms with Crippen molar-refractivity contribution in [1.82, 2.24) is 4.98 Å². The minimum atomic E-state index is -0.0203. The molecule has 3 N–H and O–H groups in total. The van der Waals surface area contributed by atoms with E-state index < -0.39 is 0 Å². The van der Waals surface area contributed by atoms with Crippen LogP contribution in [-0.2, 0) is 0 Å². The van der Waals surface area contributed by atoms with Gasteiger partial charge in [0.2, 0.25) is 0 Å². The second-order valence-electron chi connectivity index (χ2n) is 4.81. The van der Waals surface area contributed by atoms with Crippen molar-refractivity contribution < 1.29 is 0 Å². The van der Waals surface area contributed by atoms with E-state index in [9.17, 15) is 0 Å². The number of aryl methyl sites for hydroxylation is 1. The summed E-state index contributed by atoms with van der Waals surface area (Å²) < 4.78 is 0. The molecule has 0 unspecified atom stereocenters. The Morgan fingerprint density at radius 3 is 2.76 bits per heavy atom. The predicted octanol–water partition coefficient (Wildman–Crippen LogP) is 1.95. The number of nitrogens with one attached hydrogen (secondary N) is 1. The highest BCUT2D eigenvalue weighted by Gasteiger charge is 2.32. The van der Waals surface area contributed by atoms with Gasteiger partial charge in [-0.05, 0) is 31.9 Å². The Hall–Kier alpha value is -1.60. The smallest absolute Gasteiger partial charge is 0.127 e. The molecule has 90 valence electrons. The van der Waals surface area contributed by atoms with Crippen molar-refractivity contribution in [2.24, 2.45) is 5.73 Å². The van der Waals surface area contributed by atoms with Crippen molar-refractivity contribution in [2.45, 2.75) is 38.1 Å². The lowest BCUT2D eigenvalue weighted by molar-refractivity contribution is 0.491. The largest absolute Gasteiger partial charge is 0.363 e. The molecular formula is C13H18N4. The van der Waals surface area contributed by atoms with Crippen molar-refractivity contribution in [3.05, 3.63) is 23.4 Å². The molecule has 1 aliphatic carbocycles. The molecule has 0 aromatic carbocycles. The van der Waals surface area contributed by atoms with E-state index in [0.717, 1.165) is 24.4 Å². The van der Waals surface area contributed by atoms with E-state index in [4.69, 9.17) is 11.0 Å². The van der Waals surface area contributed by atoms with Crippen LogP contribution in [0.15, 0.2) is 12.1 Å². The maximum atomic E-state index is 8.94. The number of pyridine rings is 1. The number of nitrogens with zero attached hydrogens (tertiary/aromatic N) is 2. The number of rotatable bonds is 3. The number of hydrogen-bond acceptors (Lipinski definition) is 4. The van der Waals surface area contributed by atoms with Crippen LogP contribution in [0.25, 0.3) is 0 Å². The van der Waals surface area contributed by atoms with Gasteiger partial charge in [0, 0.05) is 12.2 Å². The van der Waals surface area contributed by atoms with Crippen LogP contribution in [-0.4, -0.2) is 17.1 Å². The molecule has 0 atom stereocenters. The zero-order chi connectivity index (χ0) is 12.3. The average molecular weight is 230 g/mol. The van der Waals surface area contributed by atoms with Crippen molar-refractivity contribution in [1.29, 1.82) is 5.26 Å². The summed E-state index contributed by atoms with van der Waals surface area (Å²) >= 11 is 0. The van der Waals surface area contributed by atoms with Gasteiger partial charge in [-0.1, -0.05) is 12.8 Å². The SMILES string of the molecule is Cc1cc(C#N)cc(NC2(CN)CCCC2)n1. The summed E-state index contributed by atoms with van der Waals surface area (Å²) in [6.07, 6.45) is 4.59. The monoisotopic (exact) mass is 230 g/mol. The predicted molar refractivity (Wildman–Crippen MR) is 67.6 cm³/mol. The van der Waals surface area contributed by atoms with Crippen molar-refractivity contribution in [2.75, 3.05) is 11.9 Å². The first-order chi connectivity index (χ1) is 8.17. The molecule has 1 saturated carbocycles. The van der Waals surface area contributed by atoms with Gasteiger partial charge in [-0.3, -0.25) is 0 Å². The van der Waals surface area contributed by atoms with Gasteiger partial charge in [0.15, 0.2) is 0 Å². The summed E-state index contributed by atoms with van der Waals surface area (Å²) in [5, 5.41) is 12.4. The molecule has 0 amide bonds. The van der Waals surface area contributed by atoms with Gasteiger partial charge in [-0.25, -0.2) is 4.98 Å². The van der Waals surface area contributed by atoms with Gasteiger partial charge in [0.25, 0.3) is 0 Å². The van der Waals surface area contributed by atoms with Gasteiger partial charge in [-0.2, -0.15) is 5.26 Å². The zero-order valence-corrected chi connectivity index (χ0v) is 10.2. The summed E-state index contributed by atoms with van der Waals surface area (Å²) in [5.41, 5.74) is 7.35. The molecule has 4 nitrogen and oxygen atoms in total. The van der Waals surface area contributed by atoms with Gasteiger partial charge in [0.1, 0.15) is 5.82 Å². The average Bonchev–Trinajstić information content (AvgIpc) is 2.77. The molecule has 0 radical (unpaired) electrons. The van der Waals surface area contributed by atoms with E-state index in [2.05, 4.69) is 16.4 Å². The first-order valence-corrected chi connectivity index (χ1v) is 6.04. The summed E-state index contributed by atoms with van der Waals surface area (Å²) in [7, 11) is 0. The lowest BCUT2D eigenvalue weighted by atomic mass is 9.98. The lowest BCUT2D eigenvalue weighted by Crippen LogP contribution is -2.43. The number of anilines is 1. The van der Waals surface area contributed by atoms with Gasteiger partial charge >= 0.3 is 0 Å². The summed E-state index contributed by atoms with van der Waals surface area (Å²) in [5.74, 6) is 0.772. The first-order valence-electron chi connectivity index (χ1n) is 6.04. The van der Waals surface area contributed by atoms with E-state index in [1.165, 1.54) is 12.8 Å². The van der Waals surface area contributed by atoms with Crippen molar-refractivity contribution >= 4 is 5.82 Å². The van der Waals surface area contributed by atoms with Crippen LogP contribution in [0.1, 0.15) is 36.9 Å². The van der Waals surface area contributed by atoms with Crippen molar-refractivity contribution in [3.8, 4) is 6.07 Å². The third kappa shape index (κ3) is 2.56. The van der Waals surface area contributed by atoms with Gasteiger partial charge < -0.3 is 11.1 Å². The van der Waals surface area contributed by atoms with Crippen molar-refractivity contribution in [3.63, 3.8) is 0 Å². The van der Waals surface area contributed by atoms with E-state index in [-0.39, 0.29) is 5.54 Å². The van der Waals surface area contributed by atoms with Crippen LogP contribution >= 0.6 is 0 Å². The Morgan fingerprint density at radius 2 is 2.18 bits per heavy atom. The molecule has 1 fully saturated rings. The molecule has 2 rings (SSSR count). The molecule has 1 aliphatic rings. The fourth-order valence-electron chi connectivity index (χ4n) is 2.50. The minimum Gasteiger partial charge on any atom is -0.363 e. The lowest BCUT2D eigenvalue weighted by Gasteiger charge is -2.29. The molecule has 0 bridgehead atoms. The molecule has 4 heteroatoms. The zero-order valence-electron chi connectivity index (χ0n) is 10.2. The third-order valence-electron chi connectivity index (χ3n) is 3.43. The number of aromatic nitrogens is 1. The molecular weight excluding hydrogens is 212 g/mol. The molecule has 0 aliphatic heterocycles. The van der Waals surface area contributed by atoms with Gasteiger partial charge in [-0.15, -0.1) is 0 Å². The Bertz CT molecular complexity index is 441. The maximum absolute atomic E-state index is 8.94. The number of hydrogen-bond donors (Lipinski definition) is 2. The van der Waals surface area contributed by atoms with E-state index >= 15 is 0 Å². The topological polar surface area (TPSA) is 74.7 Å². The quantitative estimate of drug-likeness (QED) is 0.832. The molecule has 1 aromatic heterocycles. The van der Waals surface area contributed by atoms with Crippen LogP contribution in [0.3, 0.4) is 0 Å². The van der Waals surface area contributed by atoms with Crippen LogP contribution < -0.4 is 11.1 Å². The Morgan fingerprint density at radius 1 is 1.47 bits per heavy atom. The van der Waals surface area contributed by atoms with Gasteiger partial charge in [0.05, 0.1) is 17.2 Å². The fourth-order valence-corrected chi connectivity index (χ4v) is 2.50. The van der Waals surface area contributed by atoms with Crippen LogP contribution in [0, 0.1) is 18.3 Å². The van der Waals surface area contributed by atoms with Crippen LogP contribution in [0.5, 0.6) is 0 Å². The number of nitriles is 1. The first kappa shape index (κ1) is 11.9. The number of nitrogens with two attached hydrogens (primary N) is 1. The van der Waals surface area contributed by atoms with E-state index in [1.54, 1.807) is 12.1 Å². The molecule has 0 saturated heterocycles. The molecule has 17 heavy (non-hydrogen) atoms. The Kier molecular flexibility index (Phi) is 3.30. The highest BCUT2D eigenvalue weighted by Crippen LogP contribution is 2.31. The normalized spacial score (nSPS) is 17.7. The Balaban J connectivity index is 2.23. The second kappa shape index (κ2) is 4.72. The molecule has 1 heterocycles.